The second-order valence-electron chi connectivity index (χ2n) is 5.67. The van der Waals surface area contributed by atoms with Crippen molar-refractivity contribution in [1.29, 1.82) is 0 Å². The maximum Gasteiger partial charge on any atom is 0.0642 e. The van der Waals surface area contributed by atoms with Crippen molar-refractivity contribution in [2.24, 2.45) is 0 Å². The first-order valence-electron chi connectivity index (χ1n) is 7.04. The second-order valence-corrected chi connectivity index (χ2v) is 6.64. The Bertz CT molecular complexity index is 465. The number of anilines is 1. The third-order valence-electron chi connectivity index (χ3n) is 4.44. The Morgan fingerprint density at radius 3 is 3.00 bits per heavy atom. The summed E-state index contributed by atoms with van der Waals surface area (Å²) in [5, 5.41) is 1.75. The smallest absolute Gasteiger partial charge is 0.0642 e. The van der Waals surface area contributed by atoms with Crippen LogP contribution in [0.25, 0.3) is 0 Å². The molecule has 0 aromatic heterocycles. The van der Waals surface area contributed by atoms with Gasteiger partial charge in [-0.3, -0.25) is 4.90 Å². The van der Waals surface area contributed by atoms with E-state index in [4.69, 9.17) is 11.6 Å². The van der Waals surface area contributed by atoms with Gasteiger partial charge in [0.15, 0.2) is 0 Å². The highest BCUT2D eigenvalue weighted by Crippen LogP contribution is 2.36. The Labute approximate surface area is 128 Å². The van der Waals surface area contributed by atoms with Gasteiger partial charge in [0.05, 0.1) is 10.7 Å². The lowest BCUT2D eigenvalue weighted by Gasteiger charge is -2.44. The number of fused-ring (bicyclic) bond motifs is 1. The summed E-state index contributed by atoms with van der Waals surface area (Å²) < 4.78 is 0. The largest absolute Gasteiger partial charge is 0.365 e. The number of piperazine rings is 1. The summed E-state index contributed by atoms with van der Waals surface area (Å²) >= 11 is 10.1. The van der Waals surface area contributed by atoms with Gasteiger partial charge in [-0.15, -0.1) is 0 Å². The van der Waals surface area contributed by atoms with Crippen LogP contribution in [0.1, 0.15) is 25.3 Å². The minimum atomic E-state index is 0.534. The average molecular weight is 344 g/mol. The summed E-state index contributed by atoms with van der Waals surface area (Å²) in [6, 6.07) is 7.47. The molecule has 104 valence electrons. The Kier molecular flexibility index (Phi) is 4.06. The second kappa shape index (κ2) is 5.63. The number of hydrogen-bond donors (Lipinski definition) is 0. The summed E-state index contributed by atoms with van der Waals surface area (Å²) in [7, 11) is 0. The molecule has 19 heavy (non-hydrogen) atoms. The van der Waals surface area contributed by atoms with Crippen LogP contribution in [0.4, 0.5) is 5.69 Å². The molecular formula is C15H20BrClN2. The molecule has 4 heteroatoms. The third-order valence-corrected chi connectivity index (χ3v) is 5.35. The first-order valence-corrected chi connectivity index (χ1v) is 8.54. The standard InChI is InChI=1S/C15H20BrClN2/c1-11-9-18-7-3-5-13(18)10-19(11)15-12(8-16)4-2-6-14(15)17/h2,4,6,11,13H,3,5,7-10H2,1H3. The number of para-hydroxylation sites is 1. The molecule has 0 aliphatic carbocycles. The van der Waals surface area contributed by atoms with E-state index in [0.29, 0.717) is 6.04 Å². The van der Waals surface area contributed by atoms with Crippen molar-refractivity contribution in [3.8, 4) is 0 Å². The Balaban J connectivity index is 1.93. The highest BCUT2D eigenvalue weighted by Gasteiger charge is 2.35. The van der Waals surface area contributed by atoms with Gasteiger partial charge in [0.25, 0.3) is 0 Å². The fraction of sp³-hybridized carbons (Fsp3) is 0.600. The predicted octanol–water partition coefficient (Wildman–Crippen LogP) is 3.91. The van der Waals surface area contributed by atoms with E-state index in [1.165, 1.54) is 30.6 Å². The Morgan fingerprint density at radius 2 is 2.21 bits per heavy atom. The van der Waals surface area contributed by atoms with Crippen molar-refractivity contribution in [2.75, 3.05) is 24.5 Å². The van der Waals surface area contributed by atoms with E-state index in [1.54, 1.807) is 0 Å². The van der Waals surface area contributed by atoms with Crippen LogP contribution in [0.15, 0.2) is 18.2 Å². The molecule has 1 aromatic rings. The lowest BCUT2D eigenvalue weighted by Crippen LogP contribution is -2.55. The average Bonchev–Trinajstić information content (AvgIpc) is 2.84. The molecule has 0 N–H and O–H groups in total. The molecule has 0 amide bonds. The van der Waals surface area contributed by atoms with E-state index in [1.807, 2.05) is 12.1 Å². The molecule has 2 saturated heterocycles. The molecule has 2 heterocycles. The van der Waals surface area contributed by atoms with Crippen LogP contribution in [-0.4, -0.2) is 36.6 Å². The van der Waals surface area contributed by atoms with E-state index >= 15 is 0 Å². The van der Waals surface area contributed by atoms with Gasteiger partial charge >= 0.3 is 0 Å². The van der Waals surface area contributed by atoms with Gasteiger partial charge in [-0.25, -0.2) is 0 Å². The molecule has 2 nitrogen and oxygen atoms in total. The van der Waals surface area contributed by atoms with Gasteiger partial charge in [0.1, 0.15) is 0 Å². The van der Waals surface area contributed by atoms with Crippen molar-refractivity contribution in [1.82, 2.24) is 4.90 Å². The van der Waals surface area contributed by atoms with Crippen LogP contribution in [0.3, 0.4) is 0 Å². The fourth-order valence-electron chi connectivity index (χ4n) is 3.49. The van der Waals surface area contributed by atoms with Crippen molar-refractivity contribution < 1.29 is 0 Å². The zero-order chi connectivity index (χ0) is 13.4. The molecule has 2 aliphatic heterocycles. The van der Waals surface area contributed by atoms with Crippen LogP contribution < -0.4 is 4.90 Å². The lowest BCUT2D eigenvalue weighted by atomic mass is 10.0. The summed E-state index contributed by atoms with van der Waals surface area (Å²) in [4.78, 5) is 5.16. The molecule has 0 radical (unpaired) electrons. The molecule has 2 fully saturated rings. The Hall–Kier alpha value is -0.250. The number of hydrogen-bond acceptors (Lipinski definition) is 2. The first kappa shape index (κ1) is 13.7. The van der Waals surface area contributed by atoms with E-state index in [-0.39, 0.29) is 0 Å². The number of alkyl halides is 1. The molecule has 2 atom stereocenters. The first-order chi connectivity index (χ1) is 9.20. The number of nitrogens with zero attached hydrogens (tertiary/aromatic N) is 2. The van der Waals surface area contributed by atoms with Gasteiger partial charge in [-0.1, -0.05) is 39.7 Å². The van der Waals surface area contributed by atoms with Crippen molar-refractivity contribution >= 4 is 33.2 Å². The summed E-state index contributed by atoms with van der Waals surface area (Å²) in [5.41, 5.74) is 2.53. The van der Waals surface area contributed by atoms with Crippen LogP contribution in [0, 0.1) is 0 Å². The van der Waals surface area contributed by atoms with Gasteiger partial charge in [-0.2, -0.15) is 0 Å². The predicted molar refractivity (Wildman–Crippen MR) is 85.5 cm³/mol. The maximum atomic E-state index is 6.47. The number of halogens is 2. The summed E-state index contributed by atoms with van der Waals surface area (Å²) in [5.74, 6) is 0. The van der Waals surface area contributed by atoms with Crippen molar-refractivity contribution in [3.63, 3.8) is 0 Å². The van der Waals surface area contributed by atoms with Crippen LogP contribution in [-0.2, 0) is 5.33 Å². The summed E-state index contributed by atoms with van der Waals surface area (Å²) in [6.07, 6.45) is 2.68. The van der Waals surface area contributed by atoms with Gasteiger partial charge < -0.3 is 4.90 Å². The monoisotopic (exact) mass is 342 g/mol. The van der Waals surface area contributed by atoms with Gasteiger partial charge in [0, 0.05) is 30.5 Å². The topological polar surface area (TPSA) is 6.48 Å². The summed E-state index contributed by atoms with van der Waals surface area (Å²) in [6.45, 7) is 5.87. The molecule has 1 aromatic carbocycles. The van der Waals surface area contributed by atoms with Crippen molar-refractivity contribution in [2.45, 2.75) is 37.2 Å². The number of benzene rings is 1. The quantitative estimate of drug-likeness (QED) is 0.751. The lowest BCUT2D eigenvalue weighted by molar-refractivity contribution is 0.203. The number of rotatable bonds is 2. The van der Waals surface area contributed by atoms with Gasteiger partial charge in [0.2, 0.25) is 0 Å². The van der Waals surface area contributed by atoms with Crippen LogP contribution >= 0.6 is 27.5 Å². The highest BCUT2D eigenvalue weighted by atomic mass is 79.9. The van der Waals surface area contributed by atoms with E-state index in [0.717, 1.165) is 29.5 Å². The van der Waals surface area contributed by atoms with Gasteiger partial charge in [-0.05, 0) is 37.9 Å². The van der Waals surface area contributed by atoms with Crippen molar-refractivity contribution in [3.05, 3.63) is 28.8 Å². The SMILES string of the molecule is CC1CN2CCCC2CN1c1c(Cl)cccc1CBr. The molecule has 0 spiro atoms. The van der Waals surface area contributed by atoms with E-state index in [9.17, 15) is 0 Å². The fourth-order valence-corrected chi connectivity index (χ4v) is 4.24. The molecule has 3 rings (SSSR count). The Morgan fingerprint density at radius 1 is 1.37 bits per heavy atom. The zero-order valence-corrected chi connectivity index (χ0v) is 13.6. The molecule has 0 saturated carbocycles. The minimum Gasteiger partial charge on any atom is -0.365 e. The molecule has 2 aliphatic rings. The van der Waals surface area contributed by atoms with Crippen LogP contribution in [0.5, 0.6) is 0 Å². The molecule has 2 unspecified atom stereocenters. The molecular weight excluding hydrogens is 324 g/mol. The normalized spacial score (nSPS) is 27.6. The minimum absolute atomic E-state index is 0.534. The molecule has 0 bridgehead atoms. The van der Waals surface area contributed by atoms with Crippen LogP contribution in [0.2, 0.25) is 5.02 Å². The van der Waals surface area contributed by atoms with E-state index in [2.05, 4.69) is 38.7 Å². The third kappa shape index (κ3) is 2.53. The highest BCUT2D eigenvalue weighted by molar-refractivity contribution is 9.08. The zero-order valence-electron chi connectivity index (χ0n) is 11.3. The van der Waals surface area contributed by atoms with E-state index < -0.39 is 0 Å². The maximum absolute atomic E-state index is 6.47.